The van der Waals surface area contributed by atoms with Crippen LogP contribution in [0.5, 0.6) is 0 Å². The molecule has 8 heteroatoms. The monoisotopic (exact) mass is 419 g/mol. The van der Waals surface area contributed by atoms with Crippen molar-refractivity contribution in [1.29, 1.82) is 0 Å². The fourth-order valence-electron chi connectivity index (χ4n) is 2.28. The molecule has 0 bridgehead atoms. The van der Waals surface area contributed by atoms with Gasteiger partial charge in [0.25, 0.3) is 0 Å². The van der Waals surface area contributed by atoms with E-state index in [1.54, 1.807) is 22.7 Å². The summed E-state index contributed by atoms with van der Waals surface area (Å²) in [6, 6.07) is 13.7. The largest absolute Gasteiger partial charge is 0.460 e. The van der Waals surface area contributed by atoms with Crippen molar-refractivity contribution in [3.63, 3.8) is 0 Å². The van der Waals surface area contributed by atoms with E-state index in [9.17, 15) is 4.79 Å². The molecule has 0 saturated heterocycles. The average molecular weight is 420 g/mol. The molecular formula is C19H18ClN3O2S2. The third kappa shape index (κ3) is 5.28. The van der Waals surface area contributed by atoms with Crippen molar-refractivity contribution in [2.75, 3.05) is 12.0 Å². The third-order valence-electron chi connectivity index (χ3n) is 3.83. The lowest BCUT2D eigenvalue weighted by Crippen LogP contribution is -2.08. The second-order valence-electron chi connectivity index (χ2n) is 5.71. The number of aryl methyl sites for hydroxylation is 1. The van der Waals surface area contributed by atoms with Crippen LogP contribution in [0.1, 0.15) is 11.1 Å². The molecule has 0 atom stereocenters. The first-order valence-corrected chi connectivity index (χ1v) is 10.7. The quantitative estimate of drug-likeness (QED) is 0.405. The van der Waals surface area contributed by atoms with Crippen LogP contribution in [0.15, 0.2) is 58.8 Å². The van der Waals surface area contributed by atoms with E-state index in [2.05, 4.69) is 10.2 Å². The summed E-state index contributed by atoms with van der Waals surface area (Å²) in [5, 5.41) is 9.29. The lowest BCUT2D eigenvalue weighted by atomic mass is 10.2. The molecule has 1 aromatic heterocycles. The number of ether oxygens (including phenoxy) is 1. The molecule has 5 nitrogen and oxygen atoms in total. The maximum atomic E-state index is 12.1. The van der Waals surface area contributed by atoms with Crippen LogP contribution in [-0.4, -0.2) is 32.7 Å². The van der Waals surface area contributed by atoms with Crippen LogP contribution in [0.3, 0.4) is 0 Å². The predicted molar refractivity (Wildman–Crippen MR) is 110 cm³/mol. The third-order valence-corrected chi connectivity index (χ3v) is 5.90. The first-order chi connectivity index (χ1) is 13.1. The van der Waals surface area contributed by atoms with Crippen LogP contribution < -0.4 is 0 Å². The smallest absolute Gasteiger partial charge is 0.316 e. The van der Waals surface area contributed by atoms with E-state index in [1.165, 1.54) is 16.7 Å². The number of nitrogens with zero attached hydrogens (tertiary/aromatic N) is 3. The molecule has 0 amide bonds. The summed E-state index contributed by atoms with van der Waals surface area (Å²) in [5.41, 5.74) is 2.81. The number of carbonyl (C=O) groups excluding carboxylic acids is 1. The van der Waals surface area contributed by atoms with Crippen molar-refractivity contribution >= 4 is 41.1 Å². The molecule has 0 fully saturated rings. The molecule has 0 saturated carbocycles. The van der Waals surface area contributed by atoms with E-state index in [0.29, 0.717) is 10.2 Å². The summed E-state index contributed by atoms with van der Waals surface area (Å²) in [4.78, 5) is 13.2. The van der Waals surface area contributed by atoms with E-state index in [0.717, 1.165) is 16.8 Å². The zero-order valence-electron chi connectivity index (χ0n) is 14.9. The van der Waals surface area contributed by atoms with Crippen LogP contribution >= 0.6 is 35.1 Å². The van der Waals surface area contributed by atoms with Crippen molar-refractivity contribution in [2.45, 2.75) is 23.6 Å². The molecule has 1 heterocycles. The highest BCUT2D eigenvalue weighted by molar-refractivity contribution is 7.99. The van der Waals surface area contributed by atoms with Crippen LogP contribution in [0, 0.1) is 6.92 Å². The summed E-state index contributed by atoms with van der Waals surface area (Å²) in [5.74, 6) is -0.147. The molecule has 0 radical (unpaired) electrons. The minimum atomic E-state index is -0.301. The van der Waals surface area contributed by atoms with Gasteiger partial charge < -0.3 is 4.74 Å². The van der Waals surface area contributed by atoms with Gasteiger partial charge in [0.2, 0.25) is 0 Å². The van der Waals surface area contributed by atoms with Gasteiger partial charge in [-0.15, -0.1) is 22.0 Å². The number of carbonyl (C=O) groups is 1. The number of rotatable bonds is 7. The Morgan fingerprint density at radius 1 is 1.22 bits per heavy atom. The Balaban J connectivity index is 1.56. The lowest BCUT2D eigenvalue weighted by molar-refractivity contribution is -0.141. The lowest BCUT2D eigenvalue weighted by Gasteiger charge is -2.08. The highest BCUT2D eigenvalue weighted by Gasteiger charge is 2.12. The van der Waals surface area contributed by atoms with Crippen molar-refractivity contribution in [3.05, 3.63) is 64.9 Å². The predicted octanol–water partition coefficient (Wildman–Crippen LogP) is 4.79. The van der Waals surface area contributed by atoms with Gasteiger partial charge in [0.1, 0.15) is 12.9 Å². The second kappa shape index (κ2) is 9.30. The van der Waals surface area contributed by atoms with E-state index >= 15 is 0 Å². The molecule has 0 aliphatic rings. The molecule has 0 spiro atoms. The van der Waals surface area contributed by atoms with Crippen molar-refractivity contribution in [3.8, 4) is 5.69 Å². The standard InChI is InChI=1S/C19H18ClN3O2S2/c1-13-3-6-15(9-17(13)20)23-12-21-22-19(23)27-11-18(24)25-10-14-4-7-16(26-2)8-5-14/h3-9,12H,10-11H2,1-2H3. The van der Waals surface area contributed by atoms with E-state index in [1.807, 2.05) is 55.6 Å². The summed E-state index contributed by atoms with van der Waals surface area (Å²) in [6.07, 6.45) is 3.62. The summed E-state index contributed by atoms with van der Waals surface area (Å²) < 4.78 is 7.13. The van der Waals surface area contributed by atoms with Gasteiger partial charge in [0.05, 0.1) is 11.4 Å². The molecule has 3 rings (SSSR count). The number of halogens is 1. The van der Waals surface area contributed by atoms with Gasteiger partial charge in [-0.1, -0.05) is 41.6 Å². The molecule has 0 unspecified atom stereocenters. The maximum Gasteiger partial charge on any atom is 0.316 e. The SMILES string of the molecule is CSc1ccc(COC(=O)CSc2nncn2-c2ccc(C)c(Cl)c2)cc1. The Labute approximate surface area is 171 Å². The minimum absolute atomic E-state index is 0.154. The first kappa shape index (κ1) is 19.8. The highest BCUT2D eigenvalue weighted by Crippen LogP contribution is 2.24. The summed E-state index contributed by atoms with van der Waals surface area (Å²) in [6.45, 7) is 2.20. The Bertz CT molecular complexity index is 929. The van der Waals surface area contributed by atoms with E-state index in [4.69, 9.17) is 16.3 Å². The van der Waals surface area contributed by atoms with Crippen molar-refractivity contribution in [2.24, 2.45) is 0 Å². The molecule has 27 heavy (non-hydrogen) atoms. The highest BCUT2D eigenvalue weighted by atomic mass is 35.5. The average Bonchev–Trinajstić information content (AvgIpc) is 3.16. The zero-order valence-corrected chi connectivity index (χ0v) is 17.3. The van der Waals surface area contributed by atoms with Gasteiger partial charge in [-0.2, -0.15) is 0 Å². The van der Waals surface area contributed by atoms with Crippen molar-refractivity contribution in [1.82, 2.24) is 14.8 Å². The van der Waals surface area contributed by atoms with Gasteiger partial charge >= 0.3 is 5.97 Å². The fraction of sp³-hybridized carbons (Fsp3) is 0.211. The van der Waals surface area contributed by atoms with Gasteiger partial charge in [0.15, 0.2) is 5.16 Å². The molecule has 2 aromatic carbocycles. The Hall–Kier alpha value is -1.96. The van der Waals surface area contributed by atoms with E-state index < -0.39 is 0 Å². The Morgan fingerprint density at radius 2 is 2.00 bits per heavy atom. The van der Waals surface area contributed by atoms with E-state index in [-0.39, 0.29) is 18.3 Å². The number of aromatic nitrogens is 3. The normalized spacial score (nSPS) is 10.8. The van der Waals surface area contributed by atoms with Crippen LogP contribution in [-0.2, 0) is 16.1 Å². The number of hydrogen-bond donors (Lipinski definition) is 0. The topological polar surface area (TPSA) is 57.0 Å². The Morgan fingerprint density at radius 3 is 2.70 bits per heavy atom. The number of benzene rings is 2. The minimum Gasteiger partial charge on any atom is -0.460 e. The molecule has 0 aliphatic carbocycles. The summed E-state index contributed by atoms with van der Waals surface area (Å²) in [7, 11) is 0. The van der Waals surface area contributed by atoms with Crippen molar-refractivity contribution < 1.29 is 9.53 Å². The number of esters is 1. The molecule has 3 aromatic rings. The van der Waals surface area contributed by atoms with Crippen LogP contribution in [0.4, 0.5) is 0 Å². The number of hydrogen-bond acceptors (Lipinski definition) is 6. The van der Waals surface area contributed by atoms with Gasteiger partial charge in [-0.25, -0.2) is 0 Å². The van der Waals surface area contributed by atoms with Crippen LogP contribution in [0.25, 0.3) is 5.69 Å². The maximum absolute atomic E-state index is 12.1. The Kier molecular flexibility index (Phi) is 6.82. The van der Waals surface area contributed by atoms with Gasteiger partial charge in [-0.05, 0) is 48.6 Å². The zero-order chi connectivity index (χ0) is 19.2. The second-order valence-corrected chi connectivity index (χ2v) is 7.94. The molecule has 140 valence electrons. The van der Waals surface area contributed by atoms with Gasteiger partial charge in [-0.3, -0.25) is 9.36 Å². The molecular weight excluding hydrogens is 402 g/mol. The molecule has 0 aliphatic heterocycles. The number of thioether (sulfide) groups is 2. The first-order valence-electron chi connectivity index (χ1n) is 8.14. The fourth-order valence-corrected chi connectivity index (χ4v) is 3.59. The molecule has 0 N–H and O–H groups in total. The summed E-state index contributed by atoms with van der Waals surface area (Å²) >= 11 is 9.14. The van der Waals surface area contributed by atoms with Crippen LogP contribution in [0.2, 0.25) is 5.02 Å². The van der Waals surface area contributed by atoms with Gasteiger partial charge in [0, 0.05) is 9.92 Å².